The van der Waals surface area contributed by atoms with Gasteiger partial charge in [-0.05, 0) is 31.7 Å². The van der Waals surface area contributed by atoms with E-state index in [0.717, 1.165) is 25.0 Å². The van der Waals surface area contributed by atoms with E-state index in [0.29, 0.717) is 38.3 Å². The van der Waals surface area contributed by atoms with E-state index in [1.165, 1.54) is 12.0 Å². The molecule has 0 spiro atoms. The monoisotopic (exact) mass is 331 g/mol. The normalized spacial score (nSPS) is 20.8. The van der Waals surface area contributed by atoms with Crippen molar-refractivity contribution in [1.29, 1.82) is 5.26 Å². The van der Waals surface area contributed by atoms with Crippen molar-refractivity contribution in [3.63, 3.8) is 0 Å². The molecule has 1 fully saturated rings. The lowest BCUT2D eigenvalue weighted by molar-refractivity contribution is -0.138. The molecule has 0 aliphatic carbocycles. The molecule has 8 heteroatoms. The molecule has 1 atom stereocenters. The molecule has 0 aromatic carbocycles. The Hall–Kier alpha value is -2.56. The number of carbonyl (C=O) groups excluding carboxylic acids is 2. The molecular formula is C16H21N5O3. The molecule has 3 rings (SSSR count). The van der Waals surface area contributed by atoms with Crippen LogP contribution in [0.4, 0.5) is 4.79 Å². The summed E-state index contributed by atoms with van der Waals surface area (Å²) in [6.07, 6.45) is 2.80. The first-order valence-corrected chi connectivity index (χ1v) is 8.24. The van der Waals surface area contributed by atoms with Crippen LogP contribution < -0.4 is 0 Å². The predicted molar refractivity (Wildman–Crippen MR) is 83.7 cm³/mol. The number of rotatable bonds is 1. The summed E-state index contributed by atoms with van der Waals surface area (Å²) in [7, 11) is 1.34. The predicted octanol–water partition coefficient (Wildman–Crippen LogP) is 1.11. The van der Waals surface area contributed by atoms with Crippen molar-refractivity contribution in [3.8, 4) is 6.07 Å². The number of aromatic nitrogens is 2. The number of amides is 2. The maximum atomic E-state index is 13.0. The summed E-state index contributed by atoms with van der Waals surface area (Å²) in [5, 5.41) is 13.2. The van der Waals surface area contributed by atoms with Crippen molar-refractivity contribution in [2.24, 2.45) is 0 Å². The van der Waals surface area contributed by atoms with Crippen molar-refractivity contribution in [3.05, 3.63) is 17.5 Å². The maximum Gasteiger partial charge on any atom is 0.410 e. The largest absolute Gasteiger partial charge is 0.453 e. The van der Waals surface area contributed by atoms with Gasteiger partial charge in [-0.3, -0.25) is 14.4 Å². The summed E-state index contributed by atoms with van der Waals surface area (Å²) < 4.78 is 6.62. The van der Waals surface area contributed by atoms with Gasteiger partial charge in [0.1, 0.15) is 12.1 Å². The highest BCUT2D eigenvalue weighted by Crippen LogP contribution is 2.22. The zero-order valence-electron chi connectivity index (χ0n) is 13.8. The Labute approximate surface area is 140 Å². The first kappa shape index (κ1) is 16.3. The smallest absolute Gasteiger partial charge is 0.410 e. The fraction of sp³-hybridized carbons (Fsp3) is 0.625. The number of hydrogen-bond acceptors (Lipinski definition) is 5. The van der Waals surface area contributed by atoms with Gasteiger partial charge in [-0.15, -0.1) is 0 Å². The number of methoxy groups -OCH3 is 1. The standard InChI is InChI=1S/C16H21N5O3/c1-24-16(23)20-7-3-2-5-14(20)15(22)19-6-4-8-21-13(11-19)9-12(10-17)18-21/h9,14H,2-8,11H2,1H3. The van der Waals surface area contributed by atoms with Crippen LogP contribution in [0.3, 0.4) is 0 Å². The van der Waals surface area contributed by atoms with Crippen molar-refractivity contribution in [2.45, 2.75) is 44.8 Å². The second kappa shape index (κ2) is 6.91. The van der Waals surface area contributed by atoms with Crippen molar-refractivity contribution >= 4 is 12.0 Å². The van der Waals surface area contributed by atoms with Crippen LogP contribution in [-0.2, 0) is 22.6 Å². The molecule has 128 valence electrons. The van der Waals surface area contributed by atoms with E-state index in [-0.39, 0.29) is 5.91 Å². The van der Waals surface area contributed by atoms with Crippen LogP contribution in [0.15, 0.2) is 6.07 Å². The topological polar surface area (TPSA) is 91.5 Å². The van der Waals surface area contributed by atoms with Crippen LogP contribution in [0.5, 0.6) is 0 Å². The first-order chi connectivity index (χ1) is 11.6. The lowest BCUT2D eigenvalue weighted by atomic mass is 10.0. The summed E-state index contributed by atoms with van der Waals surface area (Å²) >= 11 is 0. The average molecular weight is 331 g/mol. The minimum atomic E-state index is -0.462. The number of nitrogens with zero attached hydrogens (tertiary/aromatic N) is 5. The summed E-state index contributed by atoms with van der Waals surface area (Å²) in [4.78, 5) is 28.3. The van der Waals surface area contributed by atoms with Gasteiger partial charge in [0, 0.05) is 19.6 Å². The molecule has 2 amide bonds. The van der Waals surface area contributed by atoms with Crippen LogP contribution >= 0.6 is 0 Å². The quantitative estimate of drug-likeness (QED) is 0.768. The third-order valence-electron chi connectivity index (χ3n) is 4.64. The summed E-state index contributed by atoms with van der Waals surface area (Å²) in [5.74, 6) is -0.0479. The molecule has 8 nitrogen and oxygen atoms in total. The van der Waals surface area contributed by atoms with Crippen molar-refractivity contribution in [1.82, 2.24) is 19.6 Å². The molecule has 1 saturated heterocycles. The molecule has 0 saturated carbocycles. The van der Waals surface area contributed by atoms with Crippen LogP contribution in [0.2, 0.25) is 0 Å². The third-order valence-corrected chi connectivity index (χ3v) is 4.64. The van der Waals surface area contributed by atoms with E-state index in [9.17, 15) is 9.59 Å². The van der Waals surface area contributed by atoms with E-state index in [1.54, 1.807) is 15.6 Å². The van der Waals surface area contributed by atoms with Crippen molar-refractivity contribution in [2.75, 3.05) is 20.2 Å². The molecule has 0 radical (unpaired) electrons. The maximum absolute atomic E-state index is 13.0. The number of ether oxygens (including phenoxy) is 1. The van der Waals surface area contributed by atoms with E-state index in [1.807, 2.05) is 6.07 Å². The Balaban J connectivity index is 1.78. The Kier molecular flexibility index (Phi) is 4.69. The lowest BCUT2D eigenvalue weighted by Gasteiger charge is -2.36. The fourth-order valence-corrected chi connectivity index (χ4v) is 3.44. The Morgan fingerprint density at radius 3 is 2.88 bits per heavy atom. The molecule has 2 aliphatic heterocycles. The van der Waals surface area contributed by atoms with E-state index < -0.39 is 12.1 Å². The highest BCUT2D eigenvalue weighted by atomic mass is 16.5. The number of likely N-dealkylation sites (tertiary alicyclic amines) is 1. The number of piperidine rings is 1. The van der Waals surface area contributed by atoms with Gasteiger partial charge in [0.25, 0.3) is 0 Å². The van der Waals surface area contributed by atoms with Crippen LogP contribution in [0, 0.1) is 11.3 Å². The molecular weight excluding hydrogens is 310 g/mol. The van der Waals surface area contributed by atoms with E-state index in [2.05, 4.69) is 5.10 Å². The molecule has 0 N–H and O–H groups in total. The Bertz CT molecular complexity index is 678. The molecule has 2 aliphatic rings. The molecule has 1 aromatic rings. The first-order valence-electron chi connectivity index (χ1n) is 8.24. The highest BCUT2D eigenvalue weighted by molar-refractivity contribution is 5.86. The summed E-state index contributed by atoms with van der Waals surface area (Å²) in [6.45, 7) is 2.27. The molecule has 24 heavy (non-hydrogen) atoms. The third kappa shape index (κ3) is 3.07. The fourth-order valence-electron chi connectivity index (χ4n) is 3.44. The van der Waals surface area contributed by atoms with E-state index >= 15 is 0 Å². The van der Waals surface area contributed by atoms with Gasteiger partial charge in [0.2, 0.25) is 5.91 Å². The minimum Gasteiger partial charge on any atom is -0.453 e. The van der Waals surface area contributed by atoms with Gasteiger partial charge in [-0.1, -0.05) is 0 Å². The molecule has 0 bridgehead atoms. The van der Waals surface area contributed by atoms with Crippen LogP contribution in [-0.4, -0.2) is 57.8 Å². The molecule has 1 unspecified atom stereocenters. The second-order valence-electron chi connectivity index (χ2n) is 6.14. The van der Waals surface area contributed by atoms with Gasteiger partial charge in [0.15, 0.2) is 5.69 Å². The zero-order valence-corrected chi connectivity index (χ0v) is 13.8. The lowest BCUT2D eigenvalue weighted by Crippen LogP contribution is -2.52. The summed E-state index contributed by atoms with van der Waals surface area (Å²) in [6, 6.07) is 3.30. The molecule has 3 heterocycles. The highest BCUT2D eigenvalue weighted by Gasteiger charge is 2.36. The number of hydrogen-bond donors (Lipinski definition) is 0. The second-order valence-corrected chi connectivity index (χ2v) is 6.14. The van der Waals surface area contributed by atoms with E-state index in [4.69, 9.17) is 10.00 Å². The zero-order chi connectivity index (χ0) is 17.1. The van der Waals surface area contributed by atoms with Crippen LogP contribution in [0.1, 0.15) is 37.1 Å². The van der Waals surface area contributed by atoms with Crippen LogP contribution in [0.25, 0.3) is 0 Å². The van der Waals surface area contributed by atoms with Gasteiger partial charge < -0.3 is 9.64 Å². The van der Waals surface area contributed by atoms with Gasteiger partial charge in [-0.25, -0.2) is 4.79 Å². The Morgan fingerprint density at radius 2 is 2.12 bits per heavy atom. The summed E-state index contributed by atoms with van der Waals surface area (Å²) in [5.41, 5.74) is 1.23. The average Bonchev–Trinajstić information content (AvgIpc) is 2.91. The number of nitriles is 1. The number of carbonyl (C=O) groups is 2. The van der Waals surface area contributed by atoms with Gasteiger partial charge in [0.05, 0.1) is 19.3 Å². The number of fused-ring (bicyclic) bond motifs is 1. The minimum absolute atomic E-state index is 0.0479. The Morgan fingerprint density at radius 1 is 1.29 bits per heavy atom. The van der Waals surface area contributed by atoms with Gasteiger partial charge >= 0.3 is 6.09 Å². The molecule has 1 aromatic heterocycles. The SMILES string of the molecule is COC(=O)N1CCCCC1C(=O)N1CCCn2nc(C#N)cc2C1. The van der Waals surface area contributed by atoms with Crippen molar-refractivity contribution < 1.29 is 14.3 Å². The van der Waals surface area contributed by atoms with Gasteiger partial charge in [-0.2, -0.15) is 10.4 Å². The number of aryl methyl sites for hydroxylation is 1.